The number of benzene rings is 1. The van der Waals surface area contributed by atoms with Gasteiger partial charge in [0.05, 0.1) is 0 Å². The number of aromatic nitrogens is 1. The monoisotopic (exact) mass is 399 g/mol. The third kappa shape index (κ3) is 11.6. The standard InChI is InChI=1S/C15H19PS.C7H9N.C2H6/c1-4-6-13(5-2)11-16-15(17)14-9-7-12(3)8-10-14;1-6-3-4-8-7(2)5-6;1-2/h5-10,16H,2,4,11H2,1,3H3;3-5H,1-2H3;1-2H3/b13-6+;;. The molecule has 0 aliphatic heterocycles. The van der Waals surface area contributed by atoms with Crippen LogP contribution in [0, 0.1) is 20.8 Å². The number of rotatable bonds is 6. The number of hydrogen-bond donors (Lipinski definition) is 0. The molecule has 0 aliphatic carbocycles. The zero-order valence-corrected chi connectivity index (χ0v) is 19.5. The largest absolute Gasteiger partial charge is 0.262 e. The quantitative estimate of drug-likeness (QED) is 0.282. The molecule has 0 aliphatic rings. The van der Waals surface area contributed by atoms with Gasteiger partial charge in [0.2, 0.25) is 0 Å². The van der Waals surface area contributed by atoms with Gasteiger partial charge in [-0.25, -0.2) is 0 Å². The zero-order valence-electron chi connectivity index (χ0n) is 17.7. The number of aryl methyl sites for hydroxylation is 3. The molecule has 0 radical (unpaired) electrons. The smallest absolute Gasteiger partial charge is 0.0428 e. The van der Waals surface area contributed by atoms with Gasteiger partial charge in [-0.05, 0) is 62.2 Å². The molecule has 0 spiro atoms. The van der Waals surface area contributed by atoms with E-state index in [0.717, 1.165) is 22.9 Å². The highest BCUT2D eigenvalue weighted by molar-refractivity contribution is 7.94. The average Bonchev–Trinajstić information content (AvgIpc) is 2.67. The Bertz CT molecular complexity index is 700. The van der Waals surface area contributed by atoms with Crippen LogP contribution in [-0.2, 0) is 0 Å². The molecule has 0 bridgehead atoms. The Balaban J connectivity index is 0.000000562. The van der Waals surface area contributed by atoms with Crippen LogP contribution in [0.2, 0.25) is 0 Å². The second-order valence-corrected chi connectivity index (χ2v) is 7.89. The number of nitrogens with zero attached hydrogens (tertiary/aromatic N) is 1. The van der Waals surface area contributed by atoms with E-state index < -0.39 is 0 Å². The van der Waals surface area contributed by atoms with Gasteiger partial charge in [0.25, 0.3) is 0 Å². The van der Waals surface area contributed by atoms with Gasteiger partial charge in [0.15, 0.2) is 0 Å². The summed E-state index contributed by atoms with van der Waals surface area (Å²) in [6, 6.07) is 12.5. The zero-order chi connectivity index (χ0) is 20.7. The fourth-order valence-corrected chi connectivity index (χ4v) is 3.54. The number of thiocarbonyl (C=S) groups is 1. The fraction of sp³-hybridized carbons (Fsp3) is 0.333. The van der Waals surface area contributed by atoms with Crippen LogP contribution in [0.1, 0.15) is 49.6 Å². The third-order valence-electron chi connectivity index (χ3n) is 3.55. The summed E-state index contributed by atoms with van der Waals surface area (Å²) in [4.78, 5) is 4.04. The lowest BCUT2D eigenvalue weighted by atomic mass is 10.2. The normalized spacial score (nSPS) is 10.5. The first kappa shape index (κ1) is 25.4. The van der Waals surface area contributed by atoms with Gasteiger partial charge < -0.3 is 0 Å². The average molecular weight is 400 g/mol. The molecule has 3 heteroatoms. The molecule has 27 heavy (non-hydrogen) atoms. The van der Waals surface area contributed by atoms with Crippen molar-refractivity contribution in [3.05, 3.63) is 89.3 Å². The van der Waals surface area contributed by atoms with Crippen LogP contribution in [0.25, 0.3) is 0 Å². The Morgan fingerprint density at radius 1 is 1.07 bits per heavy atom. The van der Waals surface area contributed by atoms with E-state index in [1.165, 1.54) is 22.3 Å². The lowest BCUT2D eigenvalue weighted by Crippen LogP contribution is -1.92. The topological polar surface area (TPSA) is 12.9 Å². The summed E-state index contributed by atoms with van der Waals surface area (Å²) < 4.78 is 1.06. The maximum absolute atomic E-state index is 5.47. The Kier molecular flexibility index (Phi) is 14.5. The highest BCUT2D eigenvalue weighted by Gasteiger charge is 2.01. The minimum absolute atomic E-state index is 0.669. The highest BCUT2D eigenvalue weighted by Crippen LogP contribution is 2.23. The molecule has 1 nitrogen and oxygen atoms in total. The fourth-order valence-electron chi connectivity index (χ4n) is 2.17. The van der Waals surface area contributed by atoms with Crippen LogP contribution in [0.4, 0.5) is 0 Å². The summed E-state index contributed by atoms with van der Waals surface area (Å²) in [6.45, 7) is 16.1. The number of pyridine rings is 1. The van der Waals surface area contributed by atoms with Crippen molar-refractivity contribution in [3.8, 4) is 0 Å². The van der Waals surface area contributed by atoms with Crippen molar-refractivity contribution < 1.29 is 0 Å². The van der Waals surface area contributed by atoms with E-state index in [9.17, 15) is 0 Å². The van der Waals surface area contributed by atoms with Gasteiger partial charge >= 0.3 is 0 Å². The van der Waals surface area contributed by atoms with Gasteiger partial charge in [-0.15, -0.1) is 0 Å². The maximum Gasteiger partial charge on any atom is 0.0428 e. The molecule has 0 fully saturated rings. The summed E-state index contributed by atoms with van der Waals surface area (Å²) in [5.41, 5.74) is 6.13. The van der Waals surface area contributed by atoms with Crippen LogP contribution >= 0.6 is 20.8 Å². The Labute approximate surface area is 173 Å². The van der Waals surface area contributed by atoms with Crippen molar-refractivity contribution >= 4 is 25.4 Å². The molecule has 1 unspecified atom stereocenters. The molecule has 2 rings (SSSR count). The first-order valence-corrected chi connectivity index (χ1v) is 11.1. The van der Waals surface area contributed by atoms with E-state index in [0.29, 0.717) is 8.58 Å². The van der Waals surface area contributed by atoms with Crippen LogP contribution in [0.3, 0.4) is 0 Å². The molecule has 0 N–H and O–H groups in total. The lowest BCUT2D eigenvalue weighted by Gasteiger charge is -2.05. The molecule has 2 aromatic rings. The van der Waals surface area contributed by atoms with Crippen molar-refractivity contribution in [1.82, 2.24) is 4.98 Å². The van der Waals surface area contributed by atoms with E-state index in [1.54, 1.807) is 0 Å². The van der Waals surface area contributed by atoms with Crippen LogP contribution < -0.4 is 0 Å². The molecule has 0 saturated carbocycles. The highest BCUT2D eigenvalue weighted by atomic mass is 32.1. The first-order chi connectivity index (χ1) is 13.0. The molecular weight excluding hydrogens is 365 g/mol. The minimum atomic E-state index is 0.669. The Morgan fingerprint density at radius 3 is 2.15 bits per heavy atom. The molecule has 1 aromatic carbocycles. The summed E-state index contributed by atoms with van der Waals surface area (Å²) in [6.07, 6.45) is 8.06. The van der Waals surface area contributed by atoms with E-state index in [1.807, 2.05) is 39.1 Å². The van der Waals surface area contributed by atoms with Crippen LogP contribution in [0.5, 0.6) is 0 Å². The lowest BCUT2D eigenvalue weighted by molar-refractivity contribution is 1.18. The van der Waals surface area contributed by atoms with Gasteiger partial charge in [-0.2, -0.15) is 0 Å². The SMILES string of the molecule is C=C/C(=C\CC)CPC(=S)c1ccc(C)cc1.CC.Cc1ccnc(C)c1. The molecule has 0 amide bonds. The van der Waals surface area contributed by atoms with E-state index in [2.05, 4.69) is 68.7 Å². The van der Waals surface area contributed by atoms with Gasteiger partial charge in [0, 0.05) is 16.5 Å². The van der Waals surface area contributed by atoms with E-state index in [4.69, 9.17) is 12.2 Å². The predicted octanol–water partition coefficient (Wildman–Crippen LogP) is 7.60. The van der Waals surface area contributed by atoms with Gasteiger partial charge in [0.1, 0.15) is 0 Å². The second kappa shape index (κ2) is 15.4. The molecule has 1 aromatic heterocycles. The minimum Gasteiger partial charge on any atom is -0.262 e. The predicted molar refractivity (Wildman–Crippen MR) is 130 cm³/mol. The molecule has 1 heterocycles. The maximum atomic E-state index is 5.47. The molecule has 1 atom stereocenters. The number of allylic oxidation sites excluding steroid dienone is 3. The van der Waals surface area contributed by atoms with Crippen molar-refractivity contribution in [1.29, 1.82) is 0 Å². The van der Waals surface area contributed by atoms with E-state index >= 15 is 0 Å². The molecule has 0 saturated heterocycles. The summed E-state index contributed by atoms with van der Waals surface area (Å²) >= 11 is 5.47. The first-order valence-electron chi connectivity index (χ1n) is 9.51. The van der Waals surface area contributed by atoms with Crippen molar-refractivity contribution in [2.45, 2.75) is 48.0 Å². The van der Waals surface area contributed by atoms with Crippen molar-refractivity contribution in [2.24, 2.45) is 0 Å². The van der Waals surface area contributed by atoms with Crippen LogP contribution in [0.15, 0.2) is 66.9 Å². The van der Waals surface area contributed by atoms with Crippen molar-refractivity contribution in [2.75, 3.05) is 6.16 Å². The molecule has 146 valence electrons. The summed E-state index contributed by atoms with van der Waals surface area (Å²) in [5, 5.41) is 0. The Morgan fingerprint density at radius 2 is 1.70 bits per heavy atom. The van der Waals surface area contributed by atoms with Crippen LogP contribution in [-0.4, -0.2) is 15.8 Å². The van der Waals surface area contributed by atoms with Crippen molar-refractivity contribution in [3.63, 3.8) is 0 Å². The number of hydrogen-bond acceptors (Lipinski definition) is 2. The summed E-state index contributed by atoms with van der Waals surface area (Å²) in [5.74, 6) is 0. The third-order valence-corrected chi connectivity index (χ3v) is 5.41. The van der Waals surface area contributed by atoms with E-state index in [-0.39, 0.29) is 0 Å². The summed E-state index contributed by atoms with van der Waals surface area (Å²) in [7, 11) is 0.669. The Hall–Kier alpha value is -1.63. The second-order valence-electron chi connectivity index (χ2n) is 5.91. The van der Waals surface area contributed by atoms with Gasteiger partial charge in [-0.1, -0.05) is 90.1 Å². The van der Waals surface area contributed by atoms with Gasteiger partial charge in [-0.3, -0.25) is 4.98 Å². The molecular formula is C24H34NPS.